The van der Waals surface area contributed by atoms with Gasteiger partial charge in [-0.3, -0.25) is 4.79 Å². The minimum Gasteiger partial charge on any atom is -0.494 e. The molecule has 0 unspecified atom stereocenters. The molecule has 23 heavy (non-hydrogen) atoms. The summed E-state index contributed by atoms with van der Waals surface area (Å²) in [4.78, 5) is 11.8. The molecule has 2 rings (SSSR count). The molecule has 0 saturated carbocycles. The molecule has 0 atom stereocenters. The molecule has 0 spiro atoms. The fourth-order valence-electron chi connectivity index (χ4n) is 2.09. The van der Waals surface area contributed by atoms with E-state index in [0.717, 1.165) is 11.3 Å². The van der Waals surface area contributed by atoms with Crippen LogP contribution in [0, 0.1) is 5.82 Å². The van der Waals surface area contributed by atoms with Crippen LogP contribution in [0.25, 0.3) is 0 Å². The summed E-state index contributed by atoms with van der Waals surface area (Å²) in [5, 5.41) is 11.8. The molecule has 0 aliphatic rings. The van der Waals surface area contributed by atoms with Crippen molar-refractivity contribution in [1.29, 1.82) is 0 Å². The monoisotopic (exact) mass is 317 g/mol. The van der Waals surface area contributed by atoms with Gasteiger partial charge in [0.1, 0.15) is 11.6 Å². The number of ether oxygens (including phenoxy) is 1. The van der Waals surface area contributed by atoms with Crippen molar-refractivity contribution < 1.29 is 19.0 Å². The minimum atomic E-state index is -0.444. The molecule has 2 aromatic carbocycles. The van der Waals surface area contributed by atoms with Gasteiger partial charge in [-0.2, -0.15) is 0 Å². The number of carbonyl (C=O) groups excluding carboxylic acids is 1. The van der Waals surface area contributed by atoms with Gasteiger partial charge in [0.2, 0.25) is 5.91 Å². The zero-order chi connectivity index (χ0) is 16.5. The van der Waals surface area contributed by atoms with Gasteiger partial charge in [-0.05, 0) is 36.2 Å². The molecule has 1 amide bonds. The van der Waals surface area contributed by atoms with E-state index in [1.54, 1.807) is 12.1 Å². The molecular weight excluding hydrogens is 297 g/mol. The molecule has 4 nitrogen and oxygen atoms in total. The Balaban J connectivity index is 1.67. The van der Waals surface area contributed by atoms with Crippen molar-refractivity contribution in [2.45, 2.75) is 26.0 Å². The number of hydrogen-bond acceptors (Lipinski definition) is 3. The van der Waals surface area contributed by atoms with E-state index < -0.39 is 5.82 Å². The fourth-order valence-corrected chi connectivity index (χ4v) is 2.09. The number of carbonyl (C=O) groups is 1. The van der Waals surface area contributed by atoms with Gasteiger partial charge in [0.15, 0.2) is 0 Å². The third-order valence-electron chi connectivity index (χ3n) is 3.33. The molecule has 0 bridgehead atoms. The van der Waals surface area contributed by atoms with Crippen LogP contribution in [-0.4, -0.2) is 17.6 Å². The average Bonchev–Trinajstić information content (AvgIpc) is 2.59. The van der Waals surface area contributed by atoms with Crippen LogP contribution in [0.1, 0.15) is 24.0 Å². The van der Waals surface area contributed by atoms with Crippen LogP contribution >= 0.6 is 0 Å². The average molecular weight is 317 g/mol. The van der Waals surface area contributed by atoms with Gasteiger partial charge in [-0.1, -0.05) is 24.3 Å². The highest BCUT2D eigenvalue weighted by molar-refractivity contribution is 5.75. The number of para-hydroxylation sites is 1. The molecule has 5 heteroatoms. The summed E-state index contributed by atoms with van der Waals surface area (Å²) >= 11 is 0. The number of aliphatic hydroxyl groups excluding tert-OH is 1. The maximum Gasteiger partial charge on any atom is 0.220 e. The quantitative estimate of drug-likeness (QED) is 0.736. The minimum absolute atomic E-state index is 0.0865. The molecular formula is C18H20FNO3. The van der Waals surface area contributed by atoms with E-state index >= 15 is 0 Å². The molecule has 0 aliphatic heterocycles. The third kappa shape index (κ3) is 5.71. The molecule has 122 valence electrons. The van der Waals surface area contributed by atoms with Crippen LogP contribution in [0.5, 0.6) is 5.75 Å². The zero-order valence-corrected chi connectivity index (χ0v) is 12.8. The number of hydrogen-bond donors (Lipinski definition) is 2. The molecule has 0 fully saturated rings. The first kappa shape index (κ1) is 17.0. The number of benzene rings is 2. The summed E-state index contributed by atoms with van der Waals surface area (Å²) in [5.74, 6) is 0.257. The smallest absolute Gasteiger partial charge is 0.220 e. The van der Waals surface area contributed by atoms with E-state index in [0.29, 0.717) is 26.0 Å². The summed E-state index contributed by atoms with van der Waals surface area (Å²) in [7, 11) is 0. The highest BCUT2D eigenvalue weighted by Gasteiger charge is 2.05. The Bertz CT molecular complexity index is 631. The lowest BCUT2D eigenvalue weighted by atomic mass is 10.1. The second-order valence-corrected chi connectivity index (χ2v) is 5.13. The number of amides is 1. The first-order valence-corrected chi connectivity index (χ1v) is 7.52. The summed E-state index contributed by atoms with van der Waals surface area (Å²) in [6.07, 6.45) is 0.979. The number of halogens is 1. The molecule has 0 aliphatic carbocycles. The van der Waals surface area contributed by atoms with Crippen LogP contribution in [0.4, 0.5) is 4.39 Å². The lowest BCUT2D eigenvalue weighted by Crippen LogP contribution is -2.23. The Morgan fingerprint density at radius 3 is 2.70 bits per heavy atom. The maximum absolute atomic E-state index is 13.3. The number of aliphatic hydroxyl groups is 1. The lowest BCUT2D eigenvalue weighted by Gasteiger charge is -2.08. The third-order valence-corrected chi connectivity index (χ3v) is 3.33. The van der Waals surface area contributed by atoms with Gasteiger partial charge >= 0.3 is 0 Å². The van der Waals surface area contributed by atoms with Gasteiger partial charge in [0.05, 0.1) is 13.2 Å². The second kappa shape index (κ2) is 8.90. The van der Waals surface area contributed by atoms with Gasteiger partial charge in [-0.25, -0.2) is 4.39 Å². The second-order valence-electron chi connectivity index (χ2n) is 5.13. The van der Waals surface area contributed by atoms with Gasteiger partial charge in [-0.15, -0.1) is 0 Å². The first-order chi connectivity index (χ1) is 11.2. The molecule has 0 saturated heterocycles. The van der Waals surface area contributed by atoms with Crippen LogP contribution in [0.3, 0.4) is 0 Å². The predicted octanol–water partition coefficient (Wildman–Crippen LogP) is 2.79. The molecule has 0 radical (unpaired) electrons. The Morgan fingerprint density at radius 1 is 1.17 bits per heavy atom. The van der Waals surface area contributed by atoms with Crippen molar-refractivity contribution in [3.63, 3.8) is 0 Å². The van der Waals surface area contributed by atoms with Crippen LogP contribution < -0.4 is 10.1 Å². The van der Waals surface area contributed by atoms with Gasteiger partial charge in [0.25, 0.3) is 0 Å². The molecule has 2 N–H and O–H groups in total. The van der Waals surface area contributed by atoms with Crippen molar-refractivity contribution in [2.24, 2.45) is 0 Å². The summed E-state index contributed by atoms with van der Waals surface area (Å²) in [6, 6.07) is 13.9. The maximum atomic E-state index is 13.3. The van der Waals surface area contributed by atoms with E-state index in [1.807, 2.05) is 30.3 Å². The summed E-state index contributed by atoms with van der Waals surface area (Å²) in [5.41, 5.74) is 0.984. The topological polar surface area (TPSA) is 58.6 Å². The van der Waals surface area contributed by atoms with E-state index in [4.69, 9.17) is 9.84 Å². The normalized spacial score (nSPS) is 10.3. The Morgan fingerprint density at radius 2 is 1.96 bits per heavy atom. The summed E-state index contributed by atoms with van der Waals surface area (Å²) < 4.78 is 18.8. The van der Waals surface area contributed by atoms with Crippen molar-refractivity contribution in [2.75, 3.05) is 6.61 Å². The van der Waals surface area contributed by atoms with Gasteiger partial charge < -0.3 is 15.2 Å². The van der Waals surface area contributed by atoms with Crippen LogP contribution in [0.15, 0.2) is 48.5 Å². The van der Waals surface area contributed by atoms with E-state index in [-0.39, 0.29) is 18.1 Å². The van der Waals surface area contributed by atoms with E-state index in [9.17, 15) is 9.18 Å². The number of rotatable bonds is 8. The zero-order valence-electron chi connectivity index (χ0n) is 12.8. The fraction of sp³-hybridized carbons (Fsp3) is 0.278. The van der Waals surface area contributed by atoms with Crippen molar-refractivity contribution in [3.05, 3.63) is 65.5 Å². The molecule has 2 aromatic rings. The SMILES string of the molecule is O=C(CCCOc1ccccc1)NCc1ccc(F)c(CO)c1. The van der Waals surface area contributed by atoms with Gasteiger partial charge in [0, 0.05) is 18.5 Å². The Labute approximate surface area is 134 Å². The van der Waals surface area contributed by atoms with E-state index in [1.165, 1.54) is 6.07 Å². The van der Waals surface area contributed by atoms with Crippen molar-refractivity contribution >= 4 is 5.91 Å². The van der Waals surface area contributed by atoms with Crippen LogP contribution in [0.2, 0.25) is 0 Å². The Hall–Kier alpha value is -2.40. The highest BCUT2D eigenvalue weighted by atomic mass is 19.1. The highest BCUT2D eigenvalue weighted by Crippen LogP contribution is 2.11. The largest absolute Gasteiger partial charge is 0.494 e. The standard InChI is InChI=1S/C18H20FNO3/c19-17-9-8-14(11-15(17)13-21)12-20-18(22)7-4-10-23-16-5-2-1-3-6-16/h1-3,5-6,8-9,11,21H,4,7,10,12-13H2,(H,20,22). The van der Waals surface area contributed by atoms with E-state index in [2.05, 4.69) is 5.32 Å². The Kier molecular flexibility index (Phi) is 6.56. The van der Waals surface area contributed by atoms with Crippen molar-refractivity contribution in [1.82, 2.24) is 5.32 Å². The first-order valence-electron chi connectivity index (χ1n) is 7.52. The van der Waals surface area contributed by atoms with Crippen LogP contribution in [-0.2, 0) is 17.9 Å². The number of nitrogens with one attached hydrogen (secondary N) is 1. The molecule has 0 aromatic heterocycles. The predicted molar refractivity (Wildman–Crippen MR) is 85.3 cm³/mol. The summed E-state index contributed by atoms with van der Waals surface area (Å²) in [6.45, 7) is 0.429. The van der Waals surface area contributed by atoms with Crippen molar-refractivity contribution in [3.8, 4) is 5.75 Å². The lowest BCUT2D eigenvalue weighted by molar-refractivity contribution is -0.121. The molecule has 0 heterocycles.